The summed E-state index contributed by atoms with van der Waals surface area (Å²) in [6.45, 7) is 4.06. The molecule has 43 heavy (non-hydrogen) atoms. The maximum absolute atomic E-state index is 16.6. The quantitative estimate of drug-likeness (QED) is 0.277. The Morgan fingerprint density at radius 3 is 2.51 bits per heavy atom. The number of hydrogen-bond donors (Lipinski definition) is 1. The lowest BCUT2D eigenvalue weighted by Gasteiger charge is -2.34. The molecule has 4 aliphatic rings. The Morgan fingerprint density at radius 1 is 1.00 bits per heavy atom. The fraction of sp³-hybridized carbons (Fsp3) is 0.533. The molecule has 1 N–H and O–H groups in total. The number of halogens is 4. The third kappa shape index (κ3) is 4.63. The van der Waals surface area contributed by atoms with Crippen molar-refractivity contribution in [3.8, 4) is 23.0 Å². The number of nitrogens with zero attached hydrogens (tertiary/aromatic N) is 6. The van der Waals surface area contributed by atoms with Crippen LogP contribution in [0.1, 0.15) is 44.9 Å². The number of piperidine rings is 1. The SMILES string of the molecule is Fc1c(-c2c(OC(F)(F)F)ccc3[nH]ncc23)ncc2c(N3CC4CCC(C4)C3)nc(OCC34CCCN3CCC4)nc12. The Kier molecular flexibility index (Phi) is 6.18. The normalized spacial score (nSPS) is 23.4. The van der Waals surface area contributed by atoms with Gasteiger partial charge >= 0.3 is 12.4 Å². The molecule has 13 heteroatoms. The van der Waals surface area contributed by atoms with E-state index in [-0.39, 0.29) is 33.7 Å². The van der Waals surface area contributed by atoms with Gasteiger partial charge in [0.15, 0.2) is 5.82 Å². The lowest BCUT2D eigenvalue weighted by Crippen LogP contribution is -2.43. The zero-order valence-corrected chi connectivity index (χ0v) is 23.5. The second-order valence-corrected chi connectivity index (χ2v) is 12.5. The maximum Gasteiger partial charge on any atom is 0.573 e. The molecule has 2 atom stereocenters. The molecule has 226 valence electrons. The van der Waals surface area contributed by atoms with E-state index in [0.29, 0.717) is 35.2 Å². The van der Waals surface area contributed by atoms with Gasteiger partial charge < -0.3 is 14.4 Å². The number of fused-ring (bicyclic) bond motifs is 5. The number of hydrogen-bond acceptors (Lipinski definition) is 8. The van der Waals surface area contributed by atoms with Crippen molar-refractivity contribution < 1.29 is 27.0 Å². The number of ether oxygens (including phenoxy) is 2. The molecule has 0 amide bonds. The number of aromatic nitrogens is 5. The number of rotatable bonds is 6. The molecule has 3 saturated heterocycles. The first-order valence-corrected chi connectivity index (χ1v) is 15.0. The number of alkyl halides is 3. The molecular weight excluding hydrogens is 566 g/mol. The second kappa shape index (κ2) is 9.90. The highest BCUT2D eigenvalue weighted by Gasteiger charge is 2.45. The summed E-state index contributed by atoms with van der Waals surface area (Å²) in [5.41, 5.74) is -0.171. The number of nitrogens with one attached hydrogen (secondary N) is 1. The minimum atomic E-state index is -4.99. The summed E-state index contributed by atoms with van der Waals surface area (Å²) in [5, 5.41) is 7.31. The Hall–Kier alpha value is -3.74. The zero-order valence-electron chi connectivity index (χ0n) is 23.5. The topological polar surface area (TPSA) is 92.3 Å². The van der Waals surface area contributed by atoms with Gasteiger partial charge in [-0.1, -0.05) is 0 Å². The molecule has 2 bridgehead atoms. The molecule has 9 nitrogen and oxygen atoms in total. The average Bonchev–Trinajstić information content (AvgIpc) is 3.76. The predicted octanol–water partition coefficient (Wildman–Crippen LogP) is 5.85. The van der Waals surface area contributed by atoms with Crippen LogP contribution >= 0.6 is 0 Å². The Morgan fingerprint density at radius 2 is 1.77 bits per heavy atom. The first kappa shape index (κ1) is 26.9. The van der Waals surface area contributed by atoms with Crippen LogP contribution in [0.3, 0.4) is 0 Å². The van der Waals surface area contributed by atoms with E-state index in [4.69, 9.17) is 9.72 Å². The highest BCUT2D eigenvalue weighted by atomic mass is 19.4. The minimum absolute atomic E-state index is 0.0476. The highest BCUT2D eigenvalue weighted by molar-refractivity contribution is 6.00. The standard InChI is InChI=1S/C30H31F4N7O2/c31-24-25-20(12-35-26(24)23-19-13-36-39-21(19)5-6-22(23)43-30(32,33)34)27(40-14-17-3-4-18(11-17)15-40)38-28(37-25)42-16-29-7-1-9-41(29)10-2-8-29/h5-6,12-13,17-18H,1-4,7-11,14-16H2,(H,36,39). The van der Waals surface area contributed by atoms with Crippen LogP contribution in [-0.2, 0) is 0 Å². The third-order valence-corrected chi connectivity index (χ3v) is 9.88. The van der Waals surface area contributed by atoms with Crippen molar-refractivity contribution in [2.24, 2.45) is 11.8 Å². The van der Waals surface area contributed by atoms with Crippen LogP contribution in [0.4, 0.5) is 23.4 Å². The summed E-state index contributed by atoms with van der Waals surface area (Å²) in [5.74, 6) is 0.182. The van der Waals surface area contributed by atoms with Crippen LogP contribution in [0, 0.1) is 17.7 Å². The Balaban J connectivity index is 1.26. The Bertz CT molecular complexity index is 1690. The molecule has 3 aromatic heterocycles. The van der Waals surface area contributed by atoms with Crippen molar-refractivity contribution in [3.05, 3.63) is 30.3 Å². The largest absolute Gasteiger partial charge is 0.573 e. The highest BCUT2D eigenvalue weighted by Crippen LogP contribution is 2.44. The summed E-state index contributed by atoms with van der Waals surface area (Å²) in [6, 6.07) is 2.60. The van der Waals surface area contributed by atoms with Crippen molar-refractivity contribution in [3.63, 3.8) is 0 Å². The molecule has 8 rings (SSSR count). The van der Waals surface area contributed by atoms with Crippen molar-refractivity contribution in [2.45, 2.75) is 56.8 Å². The predicted molar refractivity (Wildman–Crippen MR) is 150 cm³/mol. The molecule has 1 saturated carbocycles. The van der Waals surface area contributed by atoms with Crippen LogP contribution in [0.25, 0.3) is 33.1 Å². The molecule has 2 unspecified atom stereocenters. The number of H-pyrrole nitrogens is 1. The van der Waals surface area contributed by atoms with Crippen LogP contribution in [0.15, 0.2) is 24.5 Å². The van der Waals surface area contributed by atoms with Gasteiger partial charge in [-0.3, -0.25) is 15.0 Å². The summed E-state index contributed by atoms with van der Waals surface area (Å²) in [7, 11) is 0. The van der Waals surface area contributed by atoms with Gasteiger partial charge in [-0.15, -0.1) is 13.2 Å². The molecular formula is C30H31F4N7O2. The average molecular weight is 598 g/mol. The van der Waals surface area contributed by atoms with Gasteiger partial charge in [0.1, 0.15) is 29.4 Å². The molecule has 0 spiro atoms. The Labute approximate surface area is 244 Å². The fourth-order valence-electron chi connectivity index (χ4n) is 7.99. The first-order valence-electron chi connectivity index (χ1n) is 15.0. The number of aromatic amines is 1. The molecule has 1 aromatic carbocycles. The lowest BCUT2D eigenvalue weighted by molar-refractivity contribution is -0.274. The molecule has 4 aromatic rings. The van der Waals surface area contributed by atoms with Crippen LogP contribution in [0.5, 0.6) is 11.8 Å². The van der Waals surface area contributed by atoms with Crippen LogP contribution in [-0.4, -0.2) is 74.7 Å². The van der Waals surface area contributed by atoms with E-state index >= 15 is 4.39 Å². The summed E-state index contributed by atoms with van der Waals surface area (Å²) >= 11 is 0. The van der Waals surface area contributed by atoms with Gasteiger partial charge in [-0.2, -0.15) is 15.1 Å². The van der Waals surface area contributed by atoms with Gasteiger partial charge in [-0.25, -0.2) is 4.39 Å². The van der Waals surface area contributed by atoms with E-state index in [1.807, 2.05) is 0 Å². The lowest BCUT2D eigenvalue weighted by atomic mass is 9.95. The van der Waals surface area contributed by atoms with E-state index in [2.05, 4.69) is 34.7 Å². The summed E-state index contributed by atoms with van der Waals surface area (Å²) in [6.07, 6.45) is 5.55. The molecule has 0 radical (unpaired) electrons. The van der Waals surface area contributed by atoms with Gasteiger partial charge in [0.05, 0.1) is 28.2 Å². The third-order valence-electron chi connectivity index (χ3n) is 9.88. The van der Waals surface area contributed by atoms with E-state index < -0.39 is 17.9 Å². The van der Waals surface area contributed by atoms with Crippen molar-refractivity contribution in [1.82, 2.24) is 30.0 Å². The number of benzene rings is 1. The number of anilines is 1. The van der Waals surface area contributed by atoms with Crippen molar-refractivity contribution in [2.75, 3.05) is 37.7 Å². The van der Waals surface area contributed by atoms with Crippen LogP contribution in [0.2, 0.25) is 0 Å². The van der Waals surface area contributed by atoms with E-state index in [1.54, 1.807) is 0 Å². The zero-order chi connectivity index (χ0) is 29.3. The summed E-state index contributed by atoms with van der Waals surface area (Å²) in [4.78, 5) is 18.4. The molecule has 3 aliphatic heterocycles. The van der Waals surface area contributed by atoms with Gasteiger partial charge in [0.2, 0.25) is 0 Å². The molecule has 4 fully saturated rings. The number of pyridine rings is 1. The second-order valence-electron chi connectivity index (χ2n) is 12.5. The van der Waals surface area contributed by atoms with Gasteiger partial charge in [0, 0.05) is 24.7 Å². The fourth-order valence-corrected chi connectivity index (χ4v) is 7.99. The monoisotopic (exact) mass is 597 g/mol. The smallest absolute Gasteiger partial charge is 0.461 e. The van der Waals surface area contributed by atoms with E-state index in [1.165, 1.54) is 24.9 Å². The minimum Gasteiger partial charge on any atom is -0.461 e. The molecule has 6 heterocycles. The molecule has 1 aliphatic carbocycles. The van der Waals surface area contributed by atoms with E-state index in [9.17, 15) is 13.2 Å². The van der Waals surface area contributed by atoms with Gasteiger partial charge in [-0.05, 0) is 82.0 Å². The first-order chi connectivity index (χ1) is 20.8. The van der Waals surface area contributed by atoms with E-state index in [0.717, 1.165) is 70.8 Å². The van der Waals surface area contributed by atoms with Crippen molar-refractivity contribution in [1.29, 1.82) is 0 Å². The maximum atomic E-state index is 16.6. The van der Waals surface area contributed by atoms with Crippen molar-refractivity contribution >= 4 is 27.6 Å². The van der Waals surface area contributed by atoms with Crippen LogP contribution < -0.4 is 14.4 Å². The summed E-state index contributed by atoms with van der Waals surface area (Å²) < 4.78 is 67.4. The van der Waals surface area contributed by atoms with Gasteiger partial charge in [0.25, 0.3) is 0 Å².